The largest absolute Gasteiger partial charge is 0.435 e. The predicted octanol–water partition coefficient (Wildman–Crippen LogP) is 4.74. The first-order valence-electron chi connectivity index (χ1n) is 10.3. The molecule has 3 aromatic rings. The van der Waals surface area contributed by atoms with Crippen molar-refractivity contribution in [2.24, 2.45) is 0 Å². The quantitative estimate of drug-likeness (QED) is 0.667. The standard InChI is InChI=1S/C21H22F3N5O/c22-21(23,24)18-16-12-14(6-9-17(16)26-27-18)20-25-19(28-30-20)13-4-7-15(8-5-13)29-10-2-1-3-11-29/h4-5,7-8,14H,1-3,6,9-12H2,(H,26,27)/t14-/m1/s1. The molecule has 0 saturated carbocycles. The molecule has 1 N–H and O–H groups in total. The second-order valence-corrected chi connectivity index (χ2v) is 8.02. The van der Waals surface area contributed by atoms with E-state index in [-0.39, 0.29) is 17.9 Å². The lowest BCUT2D eigenvalue weighted by Crippen LogP contribution is -2.29. The Balaban J connectivity index is 1.33. The van der Waals surface area contributed by atoms with Gasteiger partial charge in [0.25, 0.3) is 0 Å². The van der Waals surface area contributed by atoms with Gasteiger partial charge in [0, 0.05) is 41.5 Å². The minimum absolute atomic E-state index is 0.191. The van der Waals surface area contributed by atoms with E-state index in [1.54, 1.807) is 0 Å². The number of nitrogens with one attached hydrogen (secondary N) is 1. The van der Waals surface area contributed by atoms with Crippen molar-refractivity contribution in [3.05, 3.63) is 47.1 Å². The van der Waals surface area contributed by atoms with Crippen LogP contribution >= 0.6 is 0 Å². The number of aromatic amines is 1. The first-order valence-corrected chi connectivity index (χ1v) is 10.3. The summed E-state index contributed by atoms with van der Waals surface area (Å²) in [5, 5.41) is 10.1. The molecule has 1 saturated heterocycles. The van der Waals surface area contributed by atoms with Gasteiger partial charge in [0.05, 0.1) is 0 Å². The zero-order chi connectivity index (χ0) is 20.7. The Morgan fingerprint density at radius 1 is 1.07 bits per heavy atom. The van der Waals surface area contributed by atoms with Crippen molar-refractivity contribution in [3.8, 4) is 11.4 Å². The van der Waals surface area contributed by atoms with E-state index in [9.17, 15) is 13.2 Å². The van der Waals surface area contributed by atoms with Gasteiger partial charge in [-0.15, -0.1) is 0 Å². The van der Waals surface area contributed by atoms with Crippen LogP contribution in [0.4, 0.5) is 18.9 Å². The van der Waals surface area contributed by atoms with Crippen molar-refractivity contribution in [2.75, 3.05) is 18.0 Å². The number of piperidine rings is 1. The lowest BCUT2D eigenvalue weighted by molar-refractivity contribution is -0.141. The van der Waals surface area contributed by atoms with E-state index in [2.05, 4.69) is 37.4 Å². The summed E-state index contributed by atoms with van der Waals surface area (Å²) in [6.45, 7) is 2.15. The van der Waals surface area contributed by atoms with E-state index >= 15 is 0 Å². The maximum Gasteiger partial charge on any atom is 0.435 e. The topological polar surface area (TPSA) is 70.8 Å². The second-order valence-electron chi connectivity index (χ2n) is 8.02. The van der Waals surface area contributed by atoms with Crippen LogP contribution in [0.5, 0.6) is 0 Å². The minimum atomic E-state index is -4.47. The van der Waals surface area contributed by atoms with Crippen LogP contribution in [0.2, 0.25) is 0 Å². The molecular weight excluding hydrogens is 395 g/mol. The van der Waals surface area contributed by atoms with Crippen LogP contribution in [0.25, 0.3) is 11.4 Å². The lowest BCUT2D eigenvalue weighted by atomic mass is 9.86. The molecule has 1 atom stereocenters. The molecule has 158 valence electrons. The van der Waals surface area contributed by atoms with E-state index < -0.39 is 11.9 Å². The van der Waals surface area contributed by atoms with E-state index in [1.807, 2.05) is 12.1 Å². The summed E-state index contributed by atoms with van der Waals surface area (Å²) in [7, 11) is 0. The second kappa shape index (κ2) is 7.45. The monoisotopic (exact) mass is 417 g/mol. The number of benzene rings is 1. The van der Waals surface area contributed by atoms with Crippen molar-refractivity contribution in [1.82, 2.24) is 20.3 Å². The van der Waals surface area contributed by atoms with Gasteiger partial charge < -0.3 is 9.42 Å². The number of hydrogen-bond donors (Lipinski definition) is 1. The highest BCUT2D eigenvalue weighted by molar-refractivity contribution is 5.60. The number of aromatic nitrogens is 4. The van der Waals surface area contributed by atoms with Crippen LogP contribution in [0.1, 0.15) is 54.4 Å². The maximum atomic E-state index is 13.2. The van der Waals surface area contributed by atoms with Crippen LogP contribution in [-0.4, -0.2) is 33.4 Å². The number of anilines is 1. The molecule has 2 aliphatic rings. The number of fused-ring (bicyclic) bond motifs is 1. The van der Waals surface area contributed by atoms with Gasteiger partial charge in [-0.25, -0.2) is 0 Å². The molecule has 0 spiro atoms. The molecule has 9 heteroatoms. The van der Waals surface area contributed by atoms with Crippen molar-refractivity contribution < 1.29 is 17.7 Å². The molecule has 1 fully saturated rings. The van der Waals surface area contributed by atoms with E-state index in [0.29, 0.717) is 30.3 Å². The fourth-order valence-corrected chi connectivity index (χ4v) is 4.43. The van der Waals surface area contributed by atoms with Crippen LogP contribution < -0.4 is 4.90 Å². The third kappa shape index (κ3) is 3.57. The molecule has 3 heterocycles. The SMILES string of the molecule is FC(F)(F)c1n[nH]c2c1C[C@H](c1nc(-c3ccc(N4CCCCC4)cc3)no1)CC2. The molecule has 2 aromatic heterocycles. The zero-order valence-electron chi connectivity index (χ0n) is 16.4. The fraction of sp³-hybridized carbons (Fsp3) is 0.476. The summed E-state index contributed by atoms with van der Waals surface area (Å²) in [6, 6.07) is 8.06. The van der Waals surface area contributed by atoms with E-state index in [4.69, 9.17) is 4.52 Å². The van der Waals surface area contributed by atoms with Gasteiger partial charge in [-0.1, -0.05) is 5.16 Å². The van der Waals surface area contributed by atoms with Crippen LogP contribution in [0.15, 0.2) is 28.8 Å². The van der Waals surface area contributed by atoms with Gasteiger partial charge in [-0.05, 0) is 62.8 Å². The van der Waals surface area contributed by atoms with Crippen molar-refractivity contribution in [1.29, 1.82) is 0 Å². The molecule has 0 bridgehead atoms. The smallest absolute Gasteiger partial charge is 0.372 e. The van der Waals surface area contributed by atoms with Crippen molar-refractivity contribution in [2.45, 2.75) is 50.6 Å². The molecule has 0 amide bonds. The molecule has 0 unspecified atom stereocenters. The Labute approximate surface area is 171 Å². The molecule has 1 aliphatic heterocycles. The van der Waals surface area contributed by atoms with E-state index in [1.165, 1.54) is 24.9 Å². The summed E-state index contributed by atoms with van der Waals surface area (Å²) in [4.78, 5) is 6.86. The Kier molecular flexibility index (Phi) is 4.75. The summed E-state index contributed by atoms with van der Waals surface area (Å²) >= 11 is 0. The Morgan fingerprint density at radius 2 is 1.83 bits per heavy atom. The number of H-pyrrole nitrogens is 1. The number of alkyl halides is 3. The molecule has 0 radical (unpaired) electrons. The predicted molar refractivity (Wildman–Crippen MR) is 104 cm³/mol. The number of rotatable bonds is 3. The molecule has 1 aromatic carbocycles. The Hall–Kier alpha value is -2.84. The van der Waals surface area contributed by atoms with Crippen LogP contribution in [0, 0.1) is 0 Å². The van der Waals surface area contributed by atoms with Crippen LogP contribution in [0.3, 0.4) is 0 Å². The molecule has 5 rings (SSSR count). The molecule has 1 aliphatic carbocycles. The zero-order valence-corrected chi connectivity index (χ0v) is 16.4. The Morgan fingerprint density at radius 3 is 2.57 bits per heavy atom. The maximum absolute atomic E-state index is 13.2. The summed E-state index contributed by atoms with van der Waals surface area (Å²) < 4.78 is 45.0. The highest BCUT2D eigenvalue weighted by atomic mass is 19.4. The van der Waals surface area contributed by atoms with Gasteiger partial charge in [-0.2, -0.15) is 23.3 Å². The number of nitrogens with zero attached hydrogens (tertiary/aromatic N) is 4. The summed E-state index contributed by atoms with van der Waals surface area (Å²) in [5.74, 6) is 0.597. The van der Waals surface area contributed by atoms with Crippen molar-refractivity contribution in [3.63, 3.8) is 0 Å². The lowest BCUT2D eigenvalue weighted by Gasteiger charge is -2.28. The third-order valence-electron chi connectivity index (χ3n) is 6.05. The average molecular weight is 417 g/mol. The average Bonchev–Trinajstić information content (AvgIpc) is 3.41. The highest BCUT2D eigenvalue weighted by Crippen LogP contribution is 2.39. The molecule has 30 heavy (non-hydrogen) atoms. The third-order valence-corrected chi connectivity index (χ3v) is 6.05. The van der Waals surface area contributed by atoms with Gasteiger partial charge in [-0.3, -0.25) is 5.10 Å². The van der Waals surface area contributed by atoms with Gasteiger partial charge in [0.1, 0.15) is 0 Å². The van der Waals surface area contributed by atoms with Gasteiger partial charge in [0.15, 0.2) is 5.69 Å². The van der Waals surface area contributed by atoms with Gasteiger partial charge >= 0.3 is 6.18 Å². The number of hydrogen-bond acceptors (Lipinski definition) is 5. The molecular formula is C21H22F3N5O. The first kappa shape index (κ1) is 19.1. The summed E-state index contributed by atoms with van der Waals surface area (Å²) in [6.07, 6.45) is 0.551. The first-order chi connectivity index (χ1) is 14.5. The minimum Gasteiger partial charge on any atom is -0.372 e. The van der Waals surface area contributed by atoms with Crippen LogP contribution in [-0.2, 0) is 19.0 Å². The number of aryl methyl sites for hydroxylation is 1. The van der Waals surface area contributed by atoms with Crippen molar-refractivity contribution >= 4 is 5.69 Å². The Bertz CT molecular complexity index is 1020. The highest BCUT2D eigenvalue weighted by Gasteiger charge is 2.40. The van der Waals surface area contributed by atoms with E-state index in [0.717, 1.165) is 18.7 Å². The normalized spacial score (nSPS) is 19.7. The van der Waals surface area contributed by atoms with Gasteiger partial charge in [0.2, 0.25) is 11.7 Å². The fourth-order valence-electron chi connectivity index (χ4n) is 4.43. The number of halogens is 3. The molecule has 6 nitrogen and oxygen atoms in total. The summed E-state index contributed by atoms with van der Waals surface area (Å²) in [5.41, 5.74) is 1.94.